The van der Waals surface area contributed by atoms with E-state index in [-0.39, 0.29) is 5.91 Å². The molecule has 2 aromatic rings. The van der Waals surface area contributed by atoms with Gasteiger partial charge in [-0.1, -0.05) is 12.1 Å². The molecule has 0 aliphatic heterocycles. The van der Waals surface area contributed by atoms with Gasteiger partial charge < -0.3 is 25.8 Å². The van der Waals surface area contributed by atoms with Crippen LogP contribution in [0.1, 0.15) is 5.56 Å². The molecule has 25 heavy (non-hydrogen) atoms. The third-order valence-corrected chi connectivity index (χ3v) is 3.27. The van der Waals surface area contributed by atoms with E-state index >= 15 is 0 Å². The quantitative estimate of drug-likeness (QED) is 0.703. The Bertz CT molecular complexity index is 785. The normalized spacial score (nSPS) is 10.3. The first kappa shape index (κ1) is 17.9. The van der Waals surface area contributed by atoms with Crippen LogP contribution in [0.3, 0.4) is 0 Å². The molecule has 0 unspecified atom stereocenters. The first-order valence-electron chi connectivity index (χ1n) is 7.40. The van der Waals surface area contributed by atoms with Crippen molar-refractivity contribution in [2.24, 2.45) is 5.73 Å². The highest BCUT2D eigenvalue weighted by Crippen LogP contribution is 2.31. The molecule has 3 amide bonds. The minimum Gasteiger partial charge on any atom is -0.493 e. The van der Waals surface area contributed by atoms with Crippen molar-refractivity contribution in [2.45, 2.75) is 0 Å². The molecule has 0 atom stereocenters. The number of para-hydroxylation sites is 1. The van der Waals surface area contributed by atoms with E-state index < -0.39 is 6.03 Å². The van der Waals surface area contributed by atoms with Crippen LogP contribution in [0.15, 0.2) is 48.5 Å². The van der Waals surface area contributed by atoms with Gasteiger partial charge in [-0.05, 0) is 36.4 Å². The lowest BCUT2D eigenvalue weighted by Gasteiger charge is -2.09. The Balaban J connectivity index is 2.05. The monoisotopic (exact) mass is 341 g/mol. The summed E-state index contributed by atoms with van der Waals surface area (Å²) in [4.78, 5) is 22.8. The summed E-state index contributed by atoms with van der Waals surface area (Å²) in [6, 6.07) is 11.3. The summed E-state index contributed by atoms with van der Waals surface area (Å²) >= 11 is 0. The van der Waals surface area contributed by atoms with Crippen molar-refractivity contribution in [1.82, 2.24) is 0 Å². The van der Waals surface area contributed by atoms with Crippen molar-refractivity contribution >= 4 is 29.4 Å². The summed E-state index contributed by atoms with van der Waals surface area (Å²) in [5, 5.41) is 5.16. The van der Waals surface area contributed by atoms with E-state index in [1.165, 1.54) is 13.2 Å². The Hall–Kier alpha value is -3.48. The summed E-state index contributed by atoms with van der Waals surface area (Å²) in [6.07, 6.45) is 3.03. The van der Waals surface area contributed by atoms with E-state index in [0.717, 1.165) is 5.56 Å². The maximum atomic E-state index is 12.0. The fourth-order valence-electron chi connectivity index (χ4n) is 2.17. The van der Waals surface area contributed by atoms with Crippen LogP contribution in [0.25, 0.3) is 6.08 Å². The summed E-state index contributed by atoms with van der Waals surface area (Å²) in [5.41, 5.74) is 6.88. The topological polar surface area (TPSA) is 103 Å². The Labute approximate surface area is 145 Å². The number of carbonyl (C=O) groups is 2. The number of ether oxygens (including phenoxy) is 2. The summed E-state index contributed by atoms with van der Waals surface area (Å²) < 4.78 is 10.5. The van der Waals surface area contributed by atoms with Gasteiger partial charge in [0.2, 0.25) is 5.91 Å². The second-order valence-corrected chi connectivity index (χ2v) is 4.97. The molecule has 0 fully saturated rings. The van der Waals surface area contributed by atoms with Crippen molar-refractivity contribution in [3.05, 3.63) is 54.1 Å². The zero-order valence-corrected chi connectivity index (χ0v) is 13.9. The first-order chi connectivity index (χ1) is 12.0. The van der Waals surface area contributed by atoms with Crippen LogP contribution in [-0.4, -0.2) is 26.2 Å². The van der Waals surface area contributed by atoms with Gasteiger partial charge in [0.05, 0.1) is 14.2 Å². The number of methoxy groups -OCH3 is 2. The molecule has 7 nitrogen and oxygen atoms in total. The minimum atomic E-state index is -0.646. The van der Waals surface area contributed by atoms with E-state index in [2.05, 4.69) is 10.6 Å². The molecule has 0 aromatic heterocycles. The van der Waals surface area contributed by atoms with E-state index in [9.17, 15) is 9.59 Å². The zero-order chi connectivity index (χ0) is 18.2. The number of carbonyl (C=O) groups excluding carboxylic acids is 2. The summed E-state index contributed by atoms with van der Waals surface area (Å²) in [5.74, 6) is 0.832. The van der Waals surface area contributed by atoms with Gasteiger partial charge in [-0.25, -0.2) is 4.79 Å². The number of nitrogens with two attached hydrogens (primary N) is 1. The molecule has 7 heteroatoms. The van der Waals surface area contributed by atoms with Crippen LogP contribution in [0.4, 0.5) is 16.2 Å². The third-order valence-electron chi connectivity index (χ3n) is 3.27. The highest BCUT2D eigenvalue weighted by Gasteiger charge is 2.07. The van der Waals surface area contributed by atoms with E-state index in [4.69, 9.17) is 15.2 Å². The molecule has 0 heterocycles. The molecule has 0 bridgehead atoms. The Morgan fingerprint density at radius 1 is 0.960 bits per heavy atom. The number of nitrogens with one attached hydrogen (secondary N) is 2. The van der Waals surface area contributed by atoms with Gasteiger partial charge >= 0.3 is 6.03 Å². The number of urea groups is 1. The van der Waals surface area contributed by atoms with Gasteiger partial charge in [-0.3, -0.25) is 4.79 Å². The number of hydrogen-bond acceptors (Lipinski definition) is 4. The number of amides is 3. The largest absolute Gasteiger partial charge is 0.493 e. The molecule has 130 valence electrons. The summed E-state index contributed by atoms with van der Waals surface area (Å²) in [6.45, 7) is 0. The lowest BCUT2D eigenvalue weighted by molar-refractivity contribution is -0.111. The van der Waals surface area contributed by atoms with Crippen molar-refractivity contribution < 1.29 is 19.1 Å². The third kappa shape index (κ3) is 5.00. The van der Waals surface area contributed by atoms with Gasteiger partial charge in [0.15, 0.2) is 11.5 Å². The predicted octanol–water partition coefficient (Wildman–Crippen LogP) is 2.85. The fourth-order valence-corrected chi connectivity index (χ4v) is 2.17. The molecule has 0 saturated carbocycles. The SMILES string of the molecule is COc1cccc(/C=C/C(=O)Nc2ccc(NC(N)=O)cc2)c1OC. The average molecular weight is 341 g/mol. The average Bonchev–Trinajstić information content (AvgIpc) is 2.60. The van der Waals surface area contributed by atoms with Crippen molar-refractivity contribution in [2.75, 3.05) is 24.9 Å². The second kappa shape index (κ2) is 8.39. The fraction of sp³-hybridized carbons (Fsp3) is 0.111. The molecule has 0 saturated heterocycles. The van der Waals surface area contributed by atoms with Gasteiger partial charge in [-0.2, -0.15) is 0 Å². The number of anilines is 2. The first-order valence-corrected chi connectivity index (χ1v) is 7.40. The Morgan fingerprint density at radius 3 is 2.16 bits per heavy atom. The molecule has 2 rings (SSSR count). The van der Waals surface area contributed by atoms with E-state index in [0.29, 0.717) is 22.9 Å². The van der Waals surface area contributed by atoms with Gasteiger partial charge in [0.25, 0.3) is 0 Å². The van der Waals surface area contributed by atoms with Crippen LogP contribution in [0.2, 0.25) is 0 Å². The minimum absolute atomic E-state index is 0.305. The lowest BCUT2D eigenvalue weighted by atomic mass is 10.1. The zero-order valence-electron chi connectivity index (χ0n) is 13.9. The Kier molecular flexibility index (Phi) is 6.00. The molecular weight excluding hydrogens is 322 g/mol. The van der Waals surface area contributed by atoms with Gasteiger partial charge in [-0.15, -0.1) is 0 Å². The maximum Gasteiger partial charge on any atom is 0.316 e. The standard InChI is InChI=1S/C18H19N3O4/c1-24-15-5-3-4-12(17(15)25-2)6-11-16(22)20-13-7-9-14(10-8-13)21-18(19)23/h3-11H,1-2H3,(H,20,22)(H3,19,21,23)/b11-6+. The highest BCUT2D eigenvalue weighted by molar-refractivity contribution is 6.02. The molecule has 0 aliphatic carbocycles. The number of hydrogen-bond donors (Lipinski definition) is 3. The predicted molar refractivity (Wildman–Crippen MR) is 96.9 cm³/mol. The van der Waals surface area contributed by atoms with Gasteiger partial charge in [0.1, 0.15) is 0 Å². The molecular formula is C18H19N3O4. The molecule has 2 aromatic carbocycles. The van der Waals surface area contributed by atoms with Crippen LogP contribution in [0.5, 0.6) is 11.5 Å². The molecule has 4 N–H and O–H groups in total. The number of benzene rings is 2. The molecule has 0 aliphatic rings. The maximum absolute atomic E-state index is 12.0. The lowest BCUT2D eigenvalue weighted by Crippen LogP contribution is -2.19. The van der Waals surface area contributed by atoms with Crippen LogP contribution in [-0.2, 0) is 4.79 Å². The number of rotatable bonds is 6. The number of primary amides is 1. The highest BCUT2D eigenvalue weighted by atomic mass is 16.5. The molecule has 0 spiro atoms. The van der Waals surface area contributed by atoms with Crippen molar-refractivity contribution in [3.8, 4) is 11.5 Å². The van der Waals surface area contributed by atoms with E-state index in [1.807, 2.05) is 12.1 Å². The second-order valence-electron chi connectivity index (χ2n) is 4.97. The summed E-state index contributed by atoms with van der Waals surface area (Å²) in [7, 11) is 3.09. The van der Waals surface area contributed by atoms with Crippen molar-refractivity contribution in [1.29, 1.82) is 0 Å². The van der Waals surface area contributed by atoms with Crippen LogP contribution < -0.4 is 25.8 Å². The van der Waals surface area contributed by atoms with E-state index in [1.54, 1.807) is 43.5 Å². The molecule has 0 radical (unpaired) electrons. The van der Waals surface area contributed by atoms with Crippen LogP contribution >= 0.6 is 0 Å². The Morgan fingerprint density at radius 2 is 1.60 bits per heavy atom. The smallest absolute Gasteiger partial charge is 0.316 e. The van der Waals surface area contributed by atoms with Crippen molar-refractivity contribution in [3.63, 3.8) is 0 Å². The van der Waals surface area contributed by atoms with Gasteiger partial charge in [0, 0.05) is 23.0 Å². The van der Waals surface area contributed by atoms with Crippen LogP contribution in [0, 0.1) is 0 Å².